The van der Waals surface area contributed by atoms with Crippen LogP contribution in [0, 0.1) is 0 Å². The number of amides is 1. The summed E-state index contributed by atoms with van der Waals surface area (Å²) in [5, 5.41) is 71.2. The maximum atomic E-state index is 13.2. The van der Waals surface area contributed by atoms with Gasteiger partial charge >= 0.3 is 11.9 Å². The minimum Gasteiger partial charge on any atom is -0.504 e. The van der Waals surface area contributed by atoms with Crippen LogP contribution in [-0.4, -0.2) is 78.2 Å². The maximum absolute atomic E-state index is 13.2. The molecule has 248 valence electrons. The Labute approximate surface area is 268 Å². The van der Waals surface area contributed by atoms with Crippen LogP contribution in [0.3, 0.4) is 0 Å². The van der Waals surface area contributed by atoms with E-state index in [-0.39, 0.29) is 60.0 Å². The summed E-state index contributed by atoms with van der Waals surface area (Å²) in [7, 11) is 0. The highest BCUT2D eigenvalue weighted by molar-refractivity contribution is 5.93. The summed E-state index contributed by atoms with van der Waals surface area (Å²) in [5.74, 6) is -6.15. The average Bonchev–Trinajstić information content (AvgIpc) is 3.01. The number of rotatable bonds is 14. The number of phenolic OH excluding ortho intramolecular Hbond substituents is 6. The molecule has 15 nitrogen and oxygen atoms in total. The van der Waals surface area contributed by atoms with E-state index in [1.165, 1.54) is 54.6 Å². The first-order valence-electron chi connectivity index (χ1n) is 14.0. The Hall–Kier alpha value is -6.38. The van der Waals surface area contributed by atoms with Crippen molar-refractivity contribution in [1.82, 2.24) is 5.32 Å². The molecule has 1 unspecified atom stereocenters. The van der Waals surface area contributed by atoms with Gasteiger partial charge in [0.2, 0.25) is 0 Å². The quantitative estimate of drug-likeness (QED) is 0.0227. The van der Waals surface area contributed by atoms with Gasteiger partial charge in [-0.15, -0.1) is 0 Å². The third kappa shape index (κ3) is 10.3. The van der Waals surface area contributed by atoms with E-state index >= 15 is 0 Å². The lowest BCUT2D eigenvalue weighted by atomic mass is 10.0. The lowest BCUT2D eigenvalue weighted by Gasteiger charge is -2.20. The molecule has 0 radical (unpaired) electrons. The number of esters is 1. The van der Waals surface area contributed by atoms with E-state index in [0.717, 1.165) is 18.2 Å². The Morgan fingerprint density at radius 1 is 0.830 bits per heavy atom. The van der Waals surface area contributed by atoms with Gasteiger partial charge in [0.15, 0.2) is 46.6 Å². The number of guanidine groups is 1. The largest absolute Gasteiger partial charge is 0.504 e. The number of carboxylic acid groups (broad SMARTS) is 1. The highest BCUT2D eigenvalue weighted by atomic mass is 16.5. The molecule has 12 N–H and O–H groups in total. The number of ether oxygens (including phenoxy) is 1. The number of nitrogens with zero attached hydrogens (tertiary/aromatic N) is 1. The summed E-state index contributed by atoms with van der Waals surface area (Å²) in [6.45, 7) is 0.110. The van der Waals surface area contributed by atoms with Gasteiger partial charge in [-0.1, -0.05) is 24.3 Å². The summed E-state index contributed by atoms with van der Waals surface area (Å²) in [5.41, 5.74) is 11.5. The number of nitrogens with two attached hydrogens (primary N) is 2. The molecule has 0 aliphatic heterocycles. The first-order chi connectivity index (χ1) is 22.2. The monoisotopic (exact) mass is 650 g/mol. The highest BCUT2D eigenvalue weighted by Crippen LogP contribution is 2.34. The second-order valence-electron chi connectivity index (χ2n) is 10.2. The molecule has 0 fully saturated rings. The van der Waals surface area contributed by atoms with Crippen molar-refractivity contribution >= 4 is 42.0 Å². The Kier molecular flexibility index (Phi) is 12.0. The van der Waals surface area contributed by atoms with Crippen molar-refractivity contribution in [3.05, 3.63) is 76.9 Å². The summed E-state index contributed by atoms with van der Waals surface area (Å²) in [4.78, 5) is 41.7. The van der Waals surface area contributed by atoms with Crippen LogP contribution in [0.1, 0.15) is 35.1 Å². The van der Waals surface area contributed by atoms with Crippen LogP contribution in [0.25, 0.3) is 18.2 Å². The Morgan fingerprint density at radius 3 is 2.13 bits per heavy atom. The lowest BCUT2D eigenvalue weighted by molar-refractivity contribution is -0.152. The zero-order chi connectivity index (χ0) is 34.7. The zero-order valence-corrected chi connectivity index (χ0v) is 24.8. The van der Waals surface area contributed by atoms with Gasteiger partial charge in [-0.05, 0) is 72.0 Å². The van der Waals surface area contributed by atoms with E-state index in [1.54, 1.807) is 0 Å². The molecule has 0 spiro atoms. The molecule has 0 aliphatic carbocycles. The average molecular weight is 651 g/mol. The van der Waals surface area contributed by atoms with Gasteiger partial charge in [0.1, 0.15) is 6.04 Å². The number of hydrogen-bond donors (Lipinski definition) is 10. The standard InChI is InChI=1S/C32H34N4O11/c33-32(34)35-13-1-2-21(31(45)46)36-30(44)27(16-18-5-10-23(38)26(41)15-18)47-28(42)12-7-19-6-11-24(39)29(43)20(19)8-3-17-4-9-22(37)25(40)14-17/h3-12,14-15,21,27,37-41,43H,1-2,13,16H2,(H,36,44)(H,45,46)(H4,33,34,35)/b8-3+,12-7+/t21?,27-/m1/s1. The van der Waals surface area contributed by atoms with Crippen LogP contribution in [0.5, 0.6) is 34.5 Å². The molecule has 0 aromatic heterocycles. The molecule has 1 amide bonds. The van der Waals surface area contributed by atoms with Crippen LogP contribution < -0.4 is 16.8 Å². The molecular weight excluding hydrogens is 616 g/mol. The van der Waals surface area contributed by atoms with Gasteiger partial charge in [-0.2, -0.15) is 0 Å². The minimum atomic E-state index is -1.59. The van der Waals surface area contributed by atoms with Crippen molar-refractivity contribution in [1.29, 1.82) is 0 Å². The zero-order valence-electron chi connectivity index (χ0n) is 24.8. The van der Waals surface area contributed by atoms with Gasteiger partial charge in [-0.25, -0.2) is 9.59 Å². The number of carbonyl (C=O) groups is 3. The molecule has 0 saturated heterocycles. The molecule has 0 bridgehead atoms. The molecule has 0 heterocycles. The second-order valence-corrected chi connectivity index (χ2v) is 10.2. The van der Waals surface area contributed by atoms with Crippen LogP contribution in [-0.2, 0) is 25.5 Å². The third-order valence-electron chi connectivity index (χ3n) is 6.64. The highest BCUT2D eigenvalue weighted by Gasteiger charge is 2.28. The summed E-state index contributed by atoms with van der Waals surface area (Å²) in [6, 6.07) is 8.86. The van der Waals surface area contributed by atoms with E-state index in [4.69, 9.17) is 16.2 Å². The molecule has 15 heteroatoms. The number of nitrogens with one attached hydrogen (secondary N) is 1. The molecule has 3 rings (SSSR count). The minimum absolute atomic E-state index is 0.0528. The van der Waals surface area contributed by atoms with Gasteiger partial charge in [0.05, 0.1) is 0 Å². The van der Waals surface area contributed by atoms with Crippen molar-refractivity contribution in [2.24, 2.45) is 16.5 Å². The first-order valence-corrected chi connectivity index (χ1v) is 14.0. The molecule has 0 saturated carbocycles. The Balaban J connectivity index is 1.84. The summed E-state index contributed by atoms with van der Waals surface area (Å²) >= 11 is 0. The number of carbonyl (C=O) groups excluding carboxylic acids is 2. The van der Waals surface area contributed by atoms with E-state index in [2.05, 4.69) is 10.3 Å². The molecule has 0 aliphatic rings. The SMILES string of the molecule is NC(N)=NCCCC(NC(=O)[C@@H](Cc1ccc(O)c(O)c1)OC(=O)/C=C/c1ccc(O)c(O)c1/C=C/c1ccc(O)c(O)c1)C(=O)O. The molecular formula is C32H34N4O11. The second kappa shape index (κ2) is 16.1. The number of aliphatic imine (C=N–C) groups is 1. The van der Waals surface area contributed by atoms with Crippen molar-refractivity contribution in [3.63, 3.8) is 0 Å². The molecule has 3 aromatic rings. The van der Waals surface area contributed by atoms with E-state index < -0.39 is 53.0 Å². The number of carboxylic acids is 1. The molecule has 47 heavy (non-hydrogen) atoms. The predicted octanol–water partition coefficient (Wildman–Crippen LogP) is 1.88. The Bertz CT molecular complexity index is 1720. The topological polar surface area (TPSA) is 278 Å². The smallest absolute Gasteiger partial charge is 0.331 e. The number of aromatic hydroxyl groups is 6. The van der Waals surface area contributed by atoms with Gasteiger partial charge < -0.3 is 57.3 Å². The van der Waals surface area contributed by atoms with E-state index in [1.807, 2.05) is 0 Å². The maximum Gasteiger partial charge on any atom is 0.331 e. The predicted molar refractivity (Wildman–Crippen MR) is 170 cm³/mol. The fourth-order valence-electron chi connectivity index (χ4n) is 4.22. The first kappa shape index (κ1) is 35.1. The fraction of sp³-hybridized carbons (Fsp3) is 0.188. The summed E-state index contributed by atoms with van der Waals surface area (Å²) in [6.07, 6.45) is 3.28. The summed E-state index contributed by atoms with van der Waals surface area (Å²) < 4.78 is 5.38. The fourth-order valence-corrected chi connectivity index (χ4v) is 4.22. The number of benzene rings is 3. The van der Waals surface area contributed by atoms with Crippen LogP contribution in [0.2, 0.25) is 0 Å². The number of aliphatic carboxylic acids is 1. The molecule has 2 atom stereocenters. The van der Waals surface area contributed by atoms with Crippen molar-refractivity contribution < 1.29 is 54.9 Å². The normalized spacial score (nSPS) is 12.4. The van der Waals surface area contributed by atoms with E-state index in [0.29, 0.717) is 5.56 Å². The number of hydrogen-bond acceptors (Lipinski definition) is 11. The van der Waals surface area contributed by atoms with Gasteiger partial charge in [0.25, 0.3) is 5.91 Å². The molecule has 3 aromatic carbocycles. The van der Waals surface area contributed by atoms with E-state index in [9.17, 15) is 50.1 Å². The van der Waals surface area contributed by atoms with Gasteiger partial charge in [0, 0.05) is 24.6 Å². The van der Waals surface area contributed by atoms with Crippen LogP contribution in [0.4, 0.5) is 0 Å². The lowest BCUT2D eigenvalue weighted by Crippen LogP contribution is -2.47. The number of phenols is 6. The van der Waals surface area contributed by atoms with Crippen molar-refractivity contribution in [2.45, 2.75) is 31.4 Å². The van der Waals surface area contributed by atoms with Crippen LogP contribution in [0.15, 0.2) is 59.6 Å². The van der Waals surface area contributed by atoms with Crippen LogP contribution >= 0.6 is 0 Å². The third-order valence-corrected chi connectivity index (χ3v) is 6.64. The Morgan fingerprint density at radius 2 is 1.49 bits per heavy atom. The van der Waals surface area contributed by atoms with Crippen molar-refractivity contribution in [2.75, 3.05) is 6.54 Å². The van der Waals surface area contributed by atoms with Crippen molar-refractivity contribution in [3.8, 4) is 34.5 Å². The van der Waals surface area contributed by atoms with Gasteiger partial charge in [-0.3, -0.25) is 9.79 Å².